The van der Waals surface area contributed by atoms with Gasteiger partial charge in [0.05, 0.1) is 12.7 Å². The van der Waals surface area contributed by atoms with Crippen LogP contribution in [0.25, 0.3) is 0 Å². The van der Waals surface area contributed by atoms with Crippen molar-refractivity contribution in [3.63, 3.8) is 0 Å². The molecule has 19 heavy (non-hydrogen) atoms. The minimum atomic E-state index is 0.372. The molecular weight excluding hydrogens is 256 g/mol. The highest BCUT2D eigenvalue weighted by atomic mass is 32.1. The lowest BCUT2D eigenvalue weighted by Crippen LogP contribution is -2.23. The summed E-state index contributed by atoms with van der Waals surface area (Å²) in [6.07, 6.45) is 1.20. The van der Waals surface area contributed by atoms with Crippen LogP contribution in [0.4, 0.5) is 0 Å². The minimum absolute atomic E-state index is 0.372. The molecule has 0 fully saturated rings. The molecule has 0 aliphatic carbocycles. The third kappa shape index (κ3) is 4.80. The fourth-order valence-electron chi connectivity index (χ4n) is 2.07. The Labute approximate surface area is 121 Å². The molecule has 0 saturated carbocycles. The van der Waals surface area contributed by atoms with E-state index in [1.54, 1.807) is 7.11 Å². The molecule has 0 aromatic heterocycles. The normalized spacial score (nSPS) is 12.5. The van der Waals surface area contributed by atoms with Gasteiger partial charge in [-0.1, -0.05) is 38.6 Å². The van der Waals surface area contributed by atoms with Crippen LogP contribution in [0, 0.1) is 5.92 Å². The van der Waals surface area contributed by atoms with Crippen molar-refractivity contribution in [3.05, 3.63) is 29.3 Å². The predicted molar refractivity (Wildman–Crippen MR) is 84.7 cm³/mol. The maximum absolute atomic E-state index is 5.67. The Balaban J connectivity index is 2.77. The number of ether oxygens (including phenoxy) is 1. The molecule has 1 aromatic carbocycles. The fourth-order valence-corrected chi connectivity index (χ4v) is 2.24. The highest BCUT2D eigenvalue weighted by Gasteiger charge is 2.09. The average Bonchev–Trinajstić information content (AvgIpc) is 2.37. The minimum Gasteiger partial charge on any atom is -0.496 e. The topological polar surface area (TPSA) is 38.5 Å². The van der Waals surface area contributed by atoms with E-state index < -0.39 is 0 Å². The van der Waals surface area contributed by atoms with Crippen molar-refractivity contribution in [2.24, 2.45) is 11.7 Å². The van der Waals surface area contributed by atoms with Crippen LogP contribution in [0.3, 0.4) is 0 Å². The molecule has 0 radical (unpaired) electrons. The summed E-state index contributed by atoms with van der Waals surface area (Å²) in [7, 11) is 3.78. The maximum Gasteiger partial charge on any atom is 0.129 e. The summed E-state index contributed by atoms with van der Waals surface area (Å²) in [6.45, 7) is 6.49. The number of methoxy groups -OCH3 is 1. The van der Waals surface area contributed by atoms with E-state index in [1.807, 2.05) is 12.1 Å². The summed E-state index contributed by atoms with van der Waals surface area (Å²) in [5, 5.41) is 0. The lowest BCUT2D eigenvalue weighted by molar-refractivity contribution is 0.275. The van der Waals surface area contributed by atoms with Gasteiger partial charge in [-0.15, -0.1) is 0 Å². The van der Waals surface area contributed by atoms with Crippen molar-refractivity contribution in [3.8, 4) is 5.75 Å². The second kappa shape index (κ2) is 7.46. The fraction of sp³-hybridized carbons (Fsp3) is 0.533. The molecule has 4 heteroatoms. The highest BCUT2D eigenvalue weighted by Crippen LogP contribution is 2.21. The van der Waals surface area contributed by atoms with Crippen LogP contribution >= 0.6 is 12.2 Å². The molecule has 1 unspecified atom stereocenters. The lowest BCUT2D eigenvalue weighted by Gasteiger charge is -2.21. The molecule has 0 amide bonds. The first-order valence-corrected chi connectivity index (χ1v) is 7.04. The average molecular weight is 280 g/mol. The number of nitrogens with two attached hydrogens (primary N) is 1. The molecule has 1 aromatic rings. The van der Waals surface area contributed by atoms with Crippen LogP contribution in [-0.2, 0) is 6.54 Å². The zero-order valence-electron chi connectivity index (χ0n) is 12.3. The van der Waals surface area contributed by atoms with Gasteiger partial charge in [-0.25, -0.2) is 0 Å². The number of hydrogen-bond donors (Lipinski definition) is 1. The highest BCUT2D eigenvalue weighted by molar-refractivity contribution is 7.80. The van der Waals surface area contributed by atoms with Gasteiger partial charge in [0.2, 0.25) is 0 Å². The summed E-state index contributed by atoms with van der Waals surface area (Å²) in [6, 6.07) is 6.01. The molecule has 1 atom stereocenters. The molecule has 3 nitrogen and oxygen atoms in total. The number of thiocarbonyl (C=S) groups is 1. The molecule has 2 N–H and O–H groups in total. The molecule has 106 valence electrons. The van der Waals surface area contributed by atoms with Crippen LogP contribution in [0.1, 0.15) is 31.4 Å². The van der Waals surface area contributed by atoms with Gasteiger partial charge in [0, 0.05) is 13.1 Å². The van der Waals surface area contributed by atoms with E-state index in [0.29, 0.717) is 10.9 Å². The van der Waals surface area contributed by atoms with Crippen molar-refractivity contribution in [2.45, 2.75) is 26.8 Å². The second-order valence-electron chi connectivity index (χ2n) is 5.11. The quantitative estimate of drug-likeness (QED) is 0.780. The summed E-state index contributed by atoms with van der Waals surface area (Å²) >= 11 is 5.01. The van der Waals surface area contributed by atoms with Crippen LogP contribution in [0.5, 0.6) is 5.75 Å². The van der Waals surface area contributed by atoms with Gasteiger partial charge in [0.1, 0.15) is 10.7 Å². The van der Waals surface area contributed by atoms with Crippen molar-refractivity contribution in [2.75, 3.05) is 20.7 Å². The molecule has 0 saturated heterocycles. The Morgan fingerprint density at radius 1 is 1.47 bits per heavy atom. The van der Waals surface area contributed by atoms with E-state index in [9.17, 15) is 0 Å². The van der Waals surface area contributed by atoms with Crippen LogP contribution < -0.4 is 10.5 Å². The maximum atomic E-state index is 5.67. The van der Waals surface area contributed by atoms with Crippen molar-refractivity contribution < 1.29 is 4.74 Å². The van der Waals surface area contributed by atoms with Gasteiger partial charge in [0.25, 0.3) is 0 Å². The smallest absolute Gasteiger partial charge is 0.129 e. The van der Waals surface area contributed by atoms with E-state index in [1.165, 1.54) is 12.0 Å². The van der Waals surface area contributed by atoms with Crippen molar-refractivity contribution in [1.29, 1.82) is 0 Å². The summed E-state index contributed by atoms with van der Waals surface area (Å²) in [4.78, 5) is 2.69. The Bertz CT molecular complexity index is 434. The predicted octanol–water partition coefficient (Wildman–Crippen LogP) is 2.81. The summed E-state index contributed by atoms with van der Waals surface area (Å²) < 4.78 is 5.35. The monoisotopic (exact) mass is 280 g/mol. The summed E-state index contributed by atoms with van der Waals surface area (Å²) in [5.41, 5.74) is 7.67. The number of nitrogens with zero attached hydrogens (tertiary/aromatic N) is 1. The van der Waals surface area contributed by atoms with Gasteiger partial charge in [-0.3, -0.25) is 0 Å². The number of rotatable bonds is 7. The Kier molecular flexibility index (Phi) is 6.25. The Morgan fingerprint density at radius 3 is 2.68 bits per heavy atom. The molecule has 0 aliphatic heterocycles. The molecule has 0 bridgehead atoms. The Morgan fingerprint density at radius 2 is 2.16 bits per heavy atom. The third-order valence-electron chi connectivity index (χ3n) is 3.30. The van der Waals surface area contributed by atoms with Crippen LogP contribution in [0.2, 0.25) is 0 Å². The largest absolute Gasteiger partial charge is 0.496 e. The first-order valence-electron chi connectivity index (χ1n) is 6.63. The zero-order valence-corrected chi connectivity index (χ0v) is 13.1. The molecule has 0 spiro atoms. The van der Waals surface area contributed by atoms with Gasteiger partial charge in [0.15, 0.2) is 0 Å². The number of hydrogen-bond acceptors (Lipinski definition) is 3. The standard InChI is InChI=1S/C15H24N2OS/c1-5-11(2)9-17(3)10-12-6-7-13(15(16)19)14(8-12)18-4/h6-8,11H,5,9-10H2,1-4H3,(H2,16,19). The number of benzene rings is 1. The second-order valence-corrected chi connectivity index (χ2v) is 5.55. The third-order valence-corrected chi connectivity index (χ3v) is 3.52. The van der Waals surface area contributed by atoms with Gasteiger partial charge in [-0.05, 0) is 30.7 Å². The Hall–Kier alpha value is -1.13. The van der Waals surface area contributed by atoms with E-state index in [-0.39, 0.29) is 0 Å². The van der Waals surface area contributed by atoms with Crippen molar-refractivity contribution >= 4 is 17.2 Å². The van der Waals surface area contributed by atoms with Crippen LogP contribution in [-0.4, -0.2) is 30.6 Å². The van der Waals surface area contributed by atoms with E-state index in [2.05, 4.69) is 31.9 Å². The SMILES string of the molecule is CCC(C)CN(C)Cc1ccc(C(N)=S)c(OC)c1. The van der Waals surface area contributed by atoms with Gasteiger partial charge in [-0.2, -0.15) is 0 Å². The summed E-state index contributed by atoms with van der Waals surface area (Å²) in [5.74, 6) is 1.46. The van der Waals surface area contributed by atoms with Gasteiger partial charge >= 0.3 is 0 Å². The van der Waals surface area contributed by atoms with E-state index in [0.717, 1.165) is 24.4 Å². The van der Waals surface area contributed by atoms with E-state index >= 15 is 0 Å². The van der Waals surface area contributed by atoms with Crippen molar-refractivity contribution in [1.82, 2.24) is 4.90 Å². The molecule has 0 heterocycles. The molecular formula is C15H24N2OS. The molecule has 0 aliphatic rings. The van der Waals surface area contributed by atoms with Crippen LogP contribution in [0.15, 0.2) is 18.2 Å². The lowest BCUT2D eigenvalue weighted by atomic mass is 10.1. The van der Waals surface area contributed by atoms with Gasteiger partial charge < -0.3 is 15.4 Å². The first-order chi connectivity index (χ1) is 8.97. The molecule has 1 rings (SSSR count). The van der Waals surface area contributed by atoms with E-state index in [4.69, 9.17) is 22.7 Å². The zero-order chi connectivity index (χ0) is 14.4. The first kappa shape index (κ1) is 15.9.